The van der Waals surface area contributed by atoms with Gasteiger partial charge in [0.2, 0.25) is 8.32 Å². The largest absolute Gasteiger partial charge is 0.413 e. The smallest absolute Gasteiger partial charge is 0.200 e. The first-order valence-corrected chi connectivity index (χ1v) is 11.1. The third-order valence-electron chi connectivity index (χ3n) is 5.56. The van der Waals surface area contributed by atoms with Crippen LogP contribution < -0.4 is 0 Å². The zero-order chi connectivity index (χ0) is 16.0. The molecule has 0 radical (unpaired) electrons. The van der Waals surface area contributed by atoms with Gasteiger partial charge in [-0.15, -0.1) is 0 Å². The first kappa shape index (κ1) is 18.9. The third-order valence-corrected chi connectivity index (χ3v) is 11.7. The Balaban J connectivity index is 2.64. The topological polar surface area (TPSA) is 26.3 Å². The summed E-state index contributed by atoms with van der Waals surface area (Å²) in [4.78, 5) is 10.5. The van der Waals surface area contributed by atoms with Crippen LogP contribution in [0.2, 0.25) is 16.6 Å². The van der Waals surface area contributed by atoms with Gasteiger partial charge in [0.05, 0.1) is 0 Å². The molecule has 0 N–H and O–H groups in total. The van der Waals surface area contributed by atoms with Crippen LogP contribution in [-0.4, -0.2) is 20.7 Å². The lowest BCUT2D eigenvalue weighted by atomic mass is 9.85. The van der Waals surface area contributed by atoms with Gasteiger partial charge in [-0.3, -0.25) is 0 Å². The predicted octanol–water partition coefficient (Wildman–Crippen LogP) is 5.72. The summed E-state index contributed by atoms with van der Waals surface area (Å²) in [6.07, 6.45) is 8.24. The Labute approximate surface area is 133 Å². The number of carbonyl (C=O) groups is 1. The van der Waals surface area contributed by atoms with Crippen LogP contribution in [-0.2, 0) is 9.22 Å². The zero-order valence-corrected chi connectivity index (χ0v) is 16.0. The van der Waals surface area contributed by atoms with Crippen molar-refractivity contribution in [1.29, 1.82) is 0 Å². The quantitative estimate of drug-likeness (QED) is 0.423. The van der Waals surface area contributed by atoms with Gasteiger partial charge in [0.25, 0.3) is 0 Å². The zero-order valence-electron chi connectivity index (χ0n) is 15.0. The van der Waals surface area contributed by atoms with E-state index >= 15 is 0 Å². The van der Waals surface area contributed by atoms with E-state index in [0.29, 0.717) is 22.7 Å². The molecule has 0 aromatic carbocycles. The first-order valence-electron chi connectivity index (χ1n) is 8.96. The number of aldehydes is 1. The van der Waals surface area contributed by atoms with Gasteiger partial charge in [0.1, 0.15) is 6.29 Å². The maximum atomic E-state index is 10.5. The van der Waals surface area contributed by atoms with Crippen molar-refractivity contribution >= 4 is 14.6 Å². The summed E-state index contributed by atoms with van der Waals surface area (Å²) < 4.78 is 6.89. The minimum atomic E-state index is -1.72. The third kappa shape index (κ3) is 4.66. The number of carbonyl (C=O) groups excluding carboxylic acids is 1. The molecule has 0 bridgehead atoms. The fraction of sp³-hybridized carbons (Fsp3) is 0.944. The summed E-state index contributed by atoms with van der Waals surface area (Å²) in [5, 5.41) is 0. The monoisotopic (exact) mass is 312 g/mol. The van der Waals surface area contributed by atoms with E-state index in [1.807, 2.05) is 0 Å². The van der Waals surface area contributed by atoms with Crippen molar-refractivity contribution in [2.45, 2.75) is 103 Å². The molecule has 21 heavy (non-hydrogen) atoms. The van der Waals surface area contributed by atoms with Gasteiger partial charge < -0.3 is 9.22 Å². The second-order valence-electron chi connectivity index (χ2n) is 7.82. The van der Waals surface area contributed by atoms with Crippen molar-refractivity contribution in [2.75, 3.05) is 0 Å². The minimum Gasteiger partial charge on any atom is -0.413 e. The van der Waals surface area contributed by atoms with Crippen molar-refractivity contribution in [3.05, 3.63) is 0 Å². The highest BCUT2D eigenvalue weighted by atomic mass is 28.4. The summed E-state index contributed by atoms with van der Waals surface area (Å²) in [5.74, 6) is 0.753. The Kier molecular flexibility index (Phi) is 7.62. The number of hydrogen-bond donors (Lipinski definition) is 0. The maximum absolute atomic E-state index is 10.5. The SMILES string of the molecule is CC(C)[Si](OC1CCC(CCC=O)CC1)(C(C)C)C(C)C. The van der Waals surface area contributed by atoms with E-state index in [1.54, 1.807) is 0 Å². The van der Waals surface area contributed by atoms with Gasteiger partial charge in [0.15, 0.2) is 0 Å². The van der Waals surface area contributed by atoms with Gasteiger partial charge in [-0.1, -0.05) is 41.5 Å². The standard InChI is InChI=1S/C18H36O2Si/c1-14(2)21(15(3)4,16(5)6)20-18-11-9-17(10-12-18)8-7-13-19/h13-18H,7-12H2,1-6H3. The molecular weight excluding hydrogens is 276 g/mol. The average molecular weight is 313 g/mol. The molecule has 1 saturated carbocycles. The van der Waals surface area contributed by atoms with E-state index < -0.39 is 8.32 Å². The Hall–Kier alpha value is -0.153. The van der Waals surface area contributed by atoms with Crippen LogP contribution >= 0.6 is 0 Å². The van der Waals surface area contributed by atoms with Crippen molar-refractivity contribution < 1.29 is 9.22 Å². The van der Waals surface area contributed by atoms with E-state index in [2.05, 4.69) is 41.5 Å². The van der Waals surface area contributed by atoms with Gasteiger partial charge >= 0.3 is 0 Å². The number of rotatable bonds is 8. The molecule has 1 rings (SSSR count). The van der Waals surface area contributed by atoms with Crippen molar-refractivity contribution in [3.8, 4) is 0 Å². The van der Waals surface area contributed by atoms with Gasteiger partial charge in [-0.2, -0.15) is 0 Å². The molecule has 0 aromatic heterocycles. The molecule has 0 aromatic rings. The highest BCUT2D eigenvalue weighted by Gasteiger charge is 2.46. The van der Waals surface area contributed by atoms with E-state index in [0.717, 1.165) is 25.0 Å². The van der Waals surface area contributed by atoms with E-state index in [-0.39, 0.29) is 0 Å². The fourth-order valence-electron chi connectivity index (χ4n) is 4.54. The van der Waals surface area contributed by atoms with E-state index in [4.69, 9.17) is 4.43 Å². The van der Waals surface area contributed by atoms with Crippen LogP contribution in [0.1, 0.15) is 80.1 Å². The minimum absolute atomic E-state index is 0.469. The molecular formula is C18H36O2Si. The molecule has 1 aliphatic carbocycles. The van der Waals surface area contributed by atoms with E-state index in [1.165, 1.54) is 25.7 Å². The molecule has 0 heterocycles. The molecule has 1 aliphatic rings. The summed E-state index contributed by atoms with van der Waals surface area (Å²) >= 11 is 0. The predicted molar refractivity (Wildman–Crippen MR) is 93.2 cm³/mol. The highest BCUT2D eigenvalue weighted by molar-refractivity contribution is 6.77. The summed E-state index contributed by atoms with van der Waals surface area (Å²) in [5.41, 5.74) is 2.01. The molecule has 0 amide bonds. The maximum Gasteiger partial charge on any atom is 0.200 e. The second kappa shape index (κ2) is 8.47. The lowest BCUT2D eigenvalue weighted by Crippen LogP contribution is -2.50. The van der Waals surface area contributed by atoms with Crippen LogP contribution in [0.4, 0.5) is 0 Å². The Morgan fingerprint density at radius 1 is 0.952 bits per heavy atom. The molecule has 0 atom stereocenters. The lowest BCUT2D eigenvalue weighted by molar-refractivity contribution is -0.108. The second-order valence-corrected chi connectivity index (χ2v) is 13.2. The molecule has 2 nitrogen and oxygen atoms in total. The molecule has 0 unspecified atom stereocenters. The summed E-state index contributed by atoms with van der Waals surface area (Å²) in [7, 11) is -1.72. The van der Waals surface area contributed by atoms with Crippen molar-refractivity contribution in [3.63, 3.8) is 0 Å². The molecule has 3 heteroatoms. The molecule has 124 valence electrons. The van der Waals surface area contributed by atoms with Crippen molar-refractivity contribution in [1.82, 2.24) is 0 Å². The summed E-state index contributed by atoms with van der Waals surface area (Å²) in [6, 6.07) is 0. The van der Waals surface area contributed by atoms with Gasteiger partial charge in [-0.25, -0.2) is 0 Å². The van der Waals surface area contributed by atoms with Crippen LogP contribution in [0.3, 0.4) is 0 Å². The Bertz CT molecular complexity index is 283. The average Bonchev–Trinajstić information content (AvgIpc) is 2.42. The summed E-state index contributed by atoms with van der Waals surface area (Å²) in [6.45, 7) is 14.2. The fourth-order valence-corrected chi connectivity index (χ4v) is 10.2. The van der Waals surface area contributed by atoms with E-state index in [9.17, 15) is 4.79 Å². The van der Waals surface area contributed by atoms with Crippen molar-refractivity contribution in [2.24, 2.45) is 5.92 Å². The molecule has 0 spiro atoms. The van der Waals surface area contributed by atoms with Crippen LogP contribution in [0.25, 0.3) is 0 Å². The molecule has 0 aliphatic heterocycles. The molecule has 0 saturated heterocycles. The van der Waals surface area contributed by atoms with Crippen LogP contribution in [0.5, 0.6) is 0 Å². The number of hydrogen-bond acceptors (Lipinski definition) is 2. The Morgan fingerprint density at radius 2 is 1.43 bits per heavy atom. The van der Waals surface area contributed by atoms with Gasteiger partial charge in [-0.05, 0) is 54.6 Å². The normalized spacial score (nSPS) is 24.0. The van der Waals surface area contributed by atoms with Crippen LogP contribution in [0, 0.1) is 5.92 Å². The molecule has 1 fully saturated rings. The Morgan fingerprint density at radius 3 is 1.81 bits per heavy atom. The van der Waals surface area contributed by atoms with Gasteiger partial charge in [0, 0.05) is 12.5 Å². The lowest BCUT2D eigenvalue weighted by Gasteiger charge is -2.46. The van der Waals surface area contributed by atoms with Crippen LogP contribution in [0.15, 0.2) is 0 Å². The highest BCUT2D eigenvalue weighted by Crippen LogP contribution is 2.44. The first-order chi connectivity index (χ1) is 9.84.